The van der Waals surface area contributed by atoms with Crippen LogP contribution in [0.25, 0.3) is 0 Å². The summed E-state index contributed by atoms with van der Waals surface area (Å²) in [6.45, 7) is 11.2. The molecule has 4 fully saturated rings. The number of ether oxygens (including phenoxy) is 3. The van der Waals surface area contributed by atoms with Gasteiger partial charge in [-0.2, -0.15) is 0 Å². The second kappa shape index (κ2) is 9.58. The Hall–Kier alpha value is -1.59. The molecule has 4 saturated carbocycles. The molecule has 6 nitrogen and oxygen atoms in total. The van der Waals surface area contributed by atoms with E-state index in [0.717, 1.165) is 51.4 Å². The fourth-order valence-corrected chi connectivity index (χ4v) is 9.40. The molecule has 6 heteroatoms. The first-order chi connectivity index (χ1) is 15.8. The van der Waals surface area contributed by atoms with Crippen molar-refractivity contribution in [3.8, 4) is 0 Å². The first kappa shape index (κ1) is 24.5. The Morgan fingerprint density at radius 2 is 1.64 bits per heavy atom. The molecule has 0 N–H and O–H groups in total. The van der Waals surface area contributed by atoms with E-state index in [1.807, 2.05) is 0 Å². The standard InChI is InChI=1S/C27H42O6/c1-5-6-17(2)20-7-8-21-25-22(13-24(33-16-30)27(20,21)4)26(3)10-9-19(31-14-28)11-18(26)12-23(25)32-15-29/h14-25H,5-13H2,1-4H3/t17?,18-,19+,20+,21-,22-,23+,24-,25-,26-,27+/m0/s1. The minimum Gasteiger partial charge on any atom is -0.465 e. The highest BCUT2D eigenvalue weighted by molar-refractivity contribution is 5.39. The van der Waals surface area contributed by atoms with Gasteiger partial charge in [-0.3, -0.25) is 14.4 Å². The van der Waals surface area contributed by atoms with E-state index in [-0.39, 0.29) is 35.1 Å². The molecule has 0 radical (unpaired) electrons. The van der Waals surface area contributed by atoms with Gasteiger partial charge in [0.2, 0.25) is 0 Å². The van der Waals surface area contributed by atoms with Crippen LogP contribution >= 0.6 is 0 Å². The van der Waals surface area contributed by atoms with Gasteiger partial charge in [0, 0.05) is 11.3 Å². The van der Waals surface area contributed by atoms with Crippen molar-refractivity contribution >= 4 is 19.4 Å². The molecule has 0 amide bonds. The molecule has 11 atom stereocenters. The zero-order valence-electron chi connectivity index (χ0n) is 20.7. The molecule has 186 valence electrons. The van der Waals surface area contributed by atoms with Crippen LogP contribution in [0, 0.1) is 46.3 Å². The molecular weight excluding hydrogens is 420 g/mol. The van der Waals surface area contributed by atoms with E-state index < -0.39 is 0 Å². The molecule has 0 bridgehead atoms. The van der Waals surface area contributed by atoms with E-state index in [2.05, 4.69) is 27.7 Å². The molecule has 0 aliphatic heterocycles. The lowest BCUT2D eigenvalue weighted by Crippen LogP contribution is -2.63. The third-order valence-electron chi connectivity index (χ3n) is 10.9. The van der Waals surface area contributed by atoms with Gasteiger partial charge < -0.3 is 14.2 Å². The first-order valence-corrected chi connectivity index (χ1v) is 13.1. The quantitative estimate of drug-likeness (QED) is 0.357. The highest BCUT2D eigenvalue weighted by atomic mass is 16.5. The highest BCUT2D eigenvalue weighted by Gasteiger charge is 2.67. The lowest BCUT2D eigenvalue weighted by Gasteiger charge is -2.64. The van der Waals surface area contributed by atoms with E-state index in [9.17, 15) is 14.4 Å². The molecule has 4 aliphatic carbocycles. The van der Waals surface area contributed by atoms with E-state index in [0.29, 0.717) is 49.0 Å². The van der Waals surface area contributed by atoms with Crippen LogP contribution in [0.3, 0.4) is 0 Å². The maximum atomic E-state index is 11.7. The Labute approximate surface area is 198 Å². The van der Waals surface area contributed by atoms with Crippen molar-refractivity contribution < 1.29 is 28.6 Å². The second-order valence-electron chi connectivity index (χ2n) is 11.9. The zero-order chi connectivity index (χ0) is 23.8. The van der Waals surface area contributed by atoms with Gasteiger partial charge in [-0.1, -0.05) is 40.5 Å². The fraction of sp³-hybridized carbons (Fsp3) is 0.889. The summed E-state index contributed by atoms with van der Waals surface area (Å²) in [7, 11) is 0. The Balaban J connectivity index is 1.71. The molecular formula is C27H42O6. The predicted molar refractivity (Wildman–Crippen MR) is 123 cm³/mol. The lowest BCUT2D eigenvalue weighted by atomic mass is 9.43. The van der Waals surface area contributed by atoms with Crippen molar-refractivity contribution in [1.29, 1.82) is 0 Å². The summed E-state index contributed by atoms with van der Waals surface area (Å²) in [5, 5.41) is 0. The maximum Gasteiger partial charge on any atom is 0.293 e. The molecule has 0 saturated heterocycles. The van der Waals surface area contributed by atoms with Crippen LogP contribution in [-0.4, -0.2) is 37.7 Å². The largest absolute Gasteiger partial charge is 0.465 e. The van der Waals surface area contributed by atoms with Crippen molar-refractivity contribution in [2.45, 2.75) is 104 Å². The second-order valence-corrected chi connectivity index (χ2v) is 11.9. The Morgan fingerprint density at radius 1 is 0.909 bits per heavy atom. The van der Waals surface area contributed by atoms with Crippen molar-refractivity contribution in [3.05, 3.63) is 0 Å². The molecule has 0 aromatic rings. The Morgan fingerprint density at radius 3 is 2.30 bits per heavy atom. The maximum absolute atomic E-state index is 11.7. The van der Waals surface area contributed by atoms with Gasteiger partial charge in [-0.25, -0.2) is 0 Å². The summed E-state index contributed by atoms with van der Waals surface area (Å²) < 4.78 is 17.1. The van der Waals surface area contributed by atoms with Crippen molar-refractivity contribution in [2.75, 3.05) is 0 Å². The fourth-order valence-electron chi connectivity index (χ4n) is 9.40. The molecule has 0 aromatic carbocycles. The summed E-state index contributed by atoms with van der Waals surface area (Å²) in [6, 6.07) is 0. The summed E-state index contributed by atoms with van der Waals surface area (Å²) in [5.41, 5.74) is -0.0305. The number of rotatable bonds is 9. The third-order valence-corrected chi connectivity index (χ3v) is 10.9. The van der Waals surface area contributed by atoms with Gasteiger partial charge in [-0.15, -0.1) is 0 Å². The van der Waals surface area contributed by atoms with Crippen LogP contribution in [0.4, 0.5) is 0 Å². The number of carbonyl (C=O) groups excluding carboxylic acids is 3. The van der Waals surface area contributed by atoms with Crippen molar-refractivity contribution in [1.82, 2.24) is 0 Å². The van der Waals surface area contributed by atoms with Crippen molar-refractivity contribution in [3.63, 3.8) is 0 Å². The Kier molecular flexibility index (Phi) is 7.12. The van der Waals surface area contributed by atoms with Gasteiger partial charge in [0.05, 0.1) is 0 Å². The van der Waals surface area contributed by atoms with E-state index in [4.69, 9.17) is 14.2 Å². The zero-order valence-corrected chi connectivity index (χ0v) is 20.7. The van der Waals surface area contributed by atoms with Gasteiger partial charge in [0.1, 0.15) is 18.3 Å². The van der Waals surface area contributed by atoms with Crippen LogP contribution in [0.5, 0.6) is 0 Å². The normalized spacial score (nSPS) is 47.3. The van der Waals surface area contributed by atoms with E-state index >= 15 is 0 Å². The molecule has 1 unspecified atom stereocenters. The molecule has 0 spiro atoms. The number of hydrogen-bond donors (Lipinski definition) is 0. The monoisotopic (exact) mass is 462 g/mol. The molecule has 33 heavy (non-hydrogen) atoms. The average molecular weight is 463 g/mol. The van der Waals surface area contributed by atoms with Crippen LogP contribution in [-0.2, 0) is 28.6 Å². The summed E-state index contributed by atoms with van der Waals surface area (Å²) in [5.74, 6) is 2.38. The number of fused-ring (bicyclic) bond motifs is 5. The molecule has 4 rings (SSSR count). The van der Waals surface area contributed by atoms with Gasteiger partial charge in [0.15, 0.2) is 0 Å². The van der Waals surface area contributed by atoms with E-state index in [1.54, 1.807) is 0 Å². The SMILES string of the molecule is CCCC(C)[C@H]1CC[C@H]2[C@@H]3[C@H](OC=O)C[C@@H]4C[C@H](OC=O)CC[C@]4(C)[C@H]3C[C@H](OC=O)[C@]12C. The van der Waals surface area contributed by atoms with Crippen LogP contribution in [0.15, 0.2) is 0 Å². The minimum absolute atomic E-state index is 0.0596. The van der Waals surface area contributed by atoms with E-state index in [1.165, 1.54) is 6.42 Å². The lowest BCUT2D eigenvalue weighted by molar-refractivity contribution is -0.218. The summed E-state index contributed by atoms with van der Waals surface area (Å²) in [4.78, 5) is 34.2. The smallest absolute Gasteiger partial charge is 0.293 e. The van der Waals surface area contributed by atoms with Crippen LogP contribution in [0.1, 0.15) is 85.5 Å². The molecule has 0 aromatic heterocycles. The predicted octanol–water partition coefficient (Wildman–Crippen LogP) is 4.93. The third kappa shape index (κ3) is 3.89. The minimum atomic E-state index is -0.123. The van der Waals surface area contributed by atoms with Gasteiger partial charge >= 0.3 is 0 Å². The van der Waals surface area contributed by atoms with Crippen LogP contribution in [0.2, 0.25) is 0 Å². The van der Waals surface area contributed by atoms with Crippen molar-refractivity contribution in [2.24, 2.45) is 46.3 Å². The number of carbonyl (C=O) groups is 3. The average Bonchev–Trinajstić information content (AvgIpc) is 3.14. The van der Waals surface area contributed by atoms with Crippen LogP contribution < -0.4 is 0 Å². The summed E-state index contributed by atoms with van der Waals surface area (Å²) >= 11 is 0. The van der Waals surface area contributed by atoms with Gasteiger partial charge in [0.25, 0.3) is 19.4 Å². The Bertz CT molecular complexity index is 725. The number of hydrogen-bond acceptors (Lipinski definition) is 6. The first-order valence-electron chi connectivity index (χ1n) is 13.1. The molecule has 4 aliphatic rings. The molecule has 0 heterocycles. The van der Waals surface area contributed by atoms with Gasteiger partial charge in [-0.05, 0) is 80.0 Å². The summed E-state index contributed by atoms with van der Waals surface area (Å²) in [6.07, 6.45) is 8.62. The highest BCUT2D eigenvalue weighted by Crippen LogP contribution is 2.69. The topological polar surface area (TPSA) is 78.9 Å².